The number of hydrogen-bond donors (Lipinski definition) is 1. The minimum absolute atomic E-state index is 0.0348. The topological polar surface area (TPSA) is 288 Å². The van der Waals surface area contributed by atoms with E-state index in [0.29, 0.717) is 39.4 Å². The van der Waals surface area contributed by atoms with E-state index in [0.717, 1.165) is 50.6 Å². The molecule has 0 aliphatic rings. The molecule has 0 aliphatic heterocycles. The van der Waals surface area contributed by atoms with Crippen molar-refractivity contribution < 1.29 is 108 Å². The van der Waals surface area contributed by atoms with Gasteiger partial charge in [0.15, 0.2) is 17.2 Å². The van der Waals surface area contributed by atoms with Gasteiger partial charge in [0.25, 0.3) is 29.5 Å². The summed E-state index contributed by atoms with van der Waals surface area (Å²) in [7, 11) is 16.6. The van der Waals surface area contributed by atoms with Crippen LogP contribution < -0.4 is 0 Å². The molecule has 0 atom stereocenters. The predicted molar refractivity (Wildman–Crippen MR) is 386 cm³/mol. The summed E-state index contributed by atoms with van der Waals surface area (Å²) in [5, 5.41) is 27.7. The summed E-state index contributed by atoms with van der Waals surface area (Å²) < 4.78 is 236. The zero-order valence-electron chi connectivity index (χ0n) is 64.1. The minimum Gasteiger partial charge on any atom is -0.394 e. The van der Waals surface area contributed by atoms with Gasteiger partial charge in [-0.25, -0.2) is 9.67 Å². The Morgan fingerprint density at radius 2 is 0.686 bits per heavy atom. The van der Waals surface area contributed by atoms with Gasteiger partial charge in [-0.05, 0) is 110 Å². The minimum atomic E-state index is -4.90. The Balaban J connectivity index is 0.000000204. The molecule has 0 radical (unpaired) electrons. The maximum Gasteiger partial charge on any atom is 0.435 e. The summed E-state index contributed by atoms with van der Waals surface area (Å²) in [5.74, 6) is -1.87. The van der Waals surface area contributed by atoms with Gasteiger partial charge in [-0.1, -0.05) is 13.0 Å². The molecule has 5 amide bonds. The smallest absolute Gasteiger partial charge is 0.394 e. The summed E-state index contributed by atoms with van der Waals surface area (Å²) in [6.45, 7) is -0.489. The van der Waals surface area contributed by atoms with Crippen LogP contribution in [0.15, 0.2) is 146 Å². The first-order chi connectivity index (χ1) is 54.8. The second kappa shape index (κ2) is 37.7. The van der Waals surface area contributed by atoms with Crippen molar-refractivity contribution in [2.75, 3.05) is 77.1 Å². The highest BCUT2D eigenvalue weighted by atomic mass is 19.4. The Hall–Kier alpha value is -13.0. The summed E-state index contributed by atoms with van der Waals surface area (Å²) >= 11 is 0. The van der Waals surface area contributed by atoms with Crippen LogP contribution in [0.4, 0.5) is 79.0 Å². The van der Waals surface area contributed by atoms with Gasteiger partial charge in [-0.3, -0.25) is 67.6 Å². The van der Waals surface area contributed by atoms with Gasteiger partial charge in [0, 0.05) is 149 Å². The Kier molecular flexibility index (Phi) is 29.5. The number of rotatable bonds is 16. The molecular formula is C73H71F18N21O6. The number of aryl methyl sites for hydroxylation is 2. The second-order valence-electron chi connectivity index (χ2n) is 25.9. The molecule has 118 heavy (non-hydrogen) atoms. The van der Waals surface area contributed by atoms with E-state index >= 15 is 0 Å². The molecular weight excluding hydrogens is 1610 g/mol. The maximum atomic E-state index is 13.4. The Labute approximate surface area is 658 Å². The molecule has 630 valence electrons. The fourth-order valence-electron chi connectivity index (χ4n) is 10.2. The highest BCUT2D eigenvalue weighted by molar-refractivity contribution is 5.95. The SMILES string of the molecule is CCCn1nc(-c2ccnc(C(=O)N(C)C)c2)cc1C(F)(F)F.CN(C)C(=O)c1cc(-c2cc(C(F)(F)F)n(-c3ccccn3)n2)ccn1.CN(C)C(=O)c1cc(-c2cc(C(F)(F)F)n(C)n2)ccn1.CN(C)C(=O)c1cc(-c2cc(C(F)(F)F)n(CCO)n2)ccn1.CN(C)C(=O)c1cc(-c2cc(C(F)(F)F)nn2CC(F)(F)F)ccn1. The summed E-state index contributed by atoms with van der Waals surface area (Å²) in [5.41, 5.74) is -3.10. The number of carbonyl (C=O) groups is 5. The van der Waals surface area contributed by atoms with Crippen molar-refractivity contribution in [1.82, 2.24) is 103 Å². The molecule has 11 rings (SSSR count). The van der Waals surface area contributed by atoms with Crippen molar-refractivity contribution in [3.05, 3.63) is 203 Å². The van der Waals surface area contributed by atoms with Gasteiger partial charge in [0.2, 0.25) is 0 Å². The second-order valence-corrected chi connectivity index (χ2v) is 25.9. The van der Waals surface area contributed by atoms with Crippen LogP contribution >= 0.6 is 0 Å². The third-order valence-electron chi connectivity index (χ3n) is 15.7. The van der Waals surface area contributed by atoms with Gasteiger partial charge in [0.05, 0.1) is 41.6 Å². The lowest BCUT2D eigenvalue weighted by molar-refractivity contribution is -0.148. The Bertz CT molecular complexity index is 5190. The number of hydrogen-bond acceptors (Lipinski definition) is 17. The molecule has 0 bridgehead atoms. The van der Waals surface area contributed by atoms with Crippen LogP contribution in [-0.2, 0) is 57.6 Å². The molecule has 0 unspecified atom stereocenters. The lowest BCUT2D eigenvalue weighted by Gasteiger charge is -2.12. The number of aromatic nitrogens is 16. The van der Waals surface area contributed by atoms with Crippen molar-refractivity contribution in [1.29, 1.82) is 0 Å². The molecule has 11 aromatic rings. The predicted octanol–water partition coefficient (Wildman–Crippen LogP) is 13.2. The summed E-state index contributed by atoms with van der Waals surface area (Å²) in [4.78, 5) is 89.5. The van der Waals surface area contributed by atoms with Crippen molar-refractivity contribution in [3.8, 4) is 62.1 Å². The maximum absolute atomic E-state index is 13.4. The van der Waals surface area contributed by atoms with Crippen molar-refractivity contribution >= 4 is 29.5 Å². The molecule has 27 nitrogen and oxygen atoms in total. The first-order valence-corrected chi connectivity index (χ1v) is 34.1. The van der Waals surface area contributed by atoms with Crippen LogP contribution in [0.25, 0.3) is 62.1 Å². The summed E-state index contributed by atoms with van der Waals surface area (Å²) in [6.07, 6.45) is -19.3. The molecule has 0 spiro atoms. The number of nitrogens with zero attached hydrogens (tertiary/aromatic N) is 21. The fraction of sp³-hybridized carbons (Fsp3) is 0.315. The van der Waals surface area contributed by atoms with E-state index in [9.17, 15) is 103 Å². The van der Waals surface area contributed by atoms with Crippen LogP contribution in [0, 0.1) is 0 Å². The van der Waals surface area contributed by atoms with E-state index in [1.165, 1.54) is 137 Å². The molecule has 45 heteroatoms. The largest absolute Gasteiger partial charge is 0.435 e. The average molecular weight is 1680 g/mol. The number of carbonyl (C=O) groups excluding carboxylic acids is 5. The van der Waals surface area contributed by atoms with Crippen LogP contribution in [-0.4, -0.2) is 221 Å². The molecule has 1 N–H and O–H groups in total. The van der Waals surface area contributed by atoms with Gasteiger partial charge in [0.1, 0.15) is 52.1 Å². The highest BCUT2D eigenvalue weighted by Crippen LogP contribution is 2.39. The third kappa shape index (κ3) is 24.3. The molecule has 0 aliphatic carbocycles. The van der Waals surface area contributed by atoms with Gasteiger partial charge in [-0.2, -0.15) is 105 Å². The average Bonchev–Trinajstić information content (AvgIpc) is 1.67. The number of amides is 5. The number of aliphatic hydroxyl groups is 1. The normalized spacial score (nSPS) is 11.7. The number of halogens is 18. The number of aliphatic hydroxyl groups excluding tert-OH is 1. The van der Waals surface area contributed by atoms with Gasteiger partial charge < -0.3 is 29.6 Å². The lowest BCUT2D eigenvalue weighted by atomic mass is 10.1. The van der Waals surface area contributed by atoms with Crippen LogP contribution in [0.2, 0.25) is 0 Å². The van der Waals surface area contributed by atoms with Crippen LogP contribution in [0.5, 0.6) is 0 Å². The fourth-order valence-corrected chi connectivity index (χ4v) is 10.2. The molecule has 0 saturated carbocycles. The van der Waals surface area contributed by atoms with E-state index in [1.807, 2.05) is 0 Å². The van der Waals surface area contributed by atoms with E-state index < -0.39 is 90.3 Å². The third-order valence-corrected chi connectivity index (χ3v) is 15.7. The van der Waals surface area contributed by atoms with Gasteiger partial charge in [-0.15, -0.1) is 0 Å². The zero-order valence-corrected chi connectivity index (χ0v) is 64.1. The van der Waals surface area contributed by atoms with E-state index in [4.69, 9.17) is 5.11 Å². The lowest BCUT2D eigenvalue weighted by Crippen LogP contribution is -2.23. The Morgan fingerprint density at radius 1 is 0.356 bits per heavy atom. The van der Waals surface area contributed by atoms with Crippen molar-refractivity contribution in [2.45, 2.75) is 70.0 Å². The monoisotopic (exact) mass is 1680 g/mol. The standard InChI is InChI=1S/C17H14F3N5O.C15H17F3N4O.C14H12F6N4O.C14H15F3N4O2.C13H13F3N4O/c1-24(2)16(26)13-9-11(6-8-21-13)12-10-14(17(18,19)20)25(23-12)15-5-3-4-7-22-15;1-4-7-22-13(15(16,17)18)9-11(20-22)10-5-6-19-12(8-10)14(23)21(2)3;1-23(2)12(25)9-5-8(3-4-21-9)10-6-11(14(18,19)20)22-24(10)7-13(15,16)17;1-20(2)13(23)11-7-9(3-4-18-11)10-8-12(14(15,16)17)21(19-10)5-6-22;1-19(2)12(21)10-6-8(4-5-17-10)9-7-11(13(14,15)16)20(3)18-9/h3-10H,1-2H3;5-6,8-9H,4,7H2,1-3H3;3-6H,7H2,1-2H3;3-4,7-8,22H,5-6H2,1-2H3;4-7H,1-3H3. The zero-order chi connectivity index (χ0) is 88.1. The molecule has 0 saturated heterocycles. The first kappa shape index (κ1) is 92.2. The first-order valence-electron chi connectivity index (χ1n) is 34.1. The summed E-state index contributed by atoms with van der Waals surface area (Å²) in [6, 6.07) is 22.8. The quantitative estimate of drug-likeness (QED) is 0.0879. The Morgan fingerprint density at radius 3 is 1.00 bits per heavy atom. The number of alkyl halides is 18. The van der Waals surface area contributed by atoms with E-state index in [-0.39, 0.29) is 104 Å². The van der Waals surface area contributed by atoms with Crippen molar-refractivity contribution in [3.63, 3.8) is 0 Å². The number of pyridine rings is 6. The van der Waals surface area contributed by atoms with Crippen LogP contribution in [0.3, 0.4) is 0 Å². The van der Waals surface area contributed by atoms with E-state index in [2.05, 4.69) is 55.4 Å². The van der Waals surface area contributed by atoms with E-state index in [1.54, 1.807) is 75.4 Å². The van der Waals surface area contributed by atoms with Gasteiger partial charge >= 0.3 is 37.1 Å². The van der Waals surface area contributed by atoms with Crippen molar-refractivity contribution in [2.24, 2.45) is 7.05 Å². The molecule has 0 aromatic carbocycles. The molecule has 11 aromatic heterocycles. The molecule has 11 heterocycles. The van der Waals surface area contributed by atoms with Crippen LogP contribution in [0.1, 0.15) is 94.3 Å². The highest BCUT2D eigenvalue weighted by Gasteiger charge is 2.41. The molecule has 0 fully saturated rings.